The van der Waals surface area contributed by atoms with Crippen LogP contribution in [0.25, 0.3) is 10.9 Å². The molecule has 0 fully saturated rings. The van der Waals surface area contributed by atoms with Gasteiger partial charge in [0.15, 0.2) is 18.1 Å². The largest absolute Gasteiger partial charge is 0.493 e. The number of nitrogens with zero attached hydrogens (tertiary/aromatic N) is 3. The molecule has 0 saturated heterocycles. The molecular formula is C22H20Br2ClN3O5. The number of rotatable bonds is 8. The van der Waals surface area contributed by atoms with E-state index in [0.717, 1.165) is 10.9 Å². The lowest BCUT2D eigenvalue weighted by atomic mass is 10.1. The average molecular weight is 602 g/mol. The van der Waals surface area contributed by atoms with Crippen LogP contribution in [0.15, 0.2) is 43.1 Å². The number of carboxylic acid groups (broad SMARTS) is 1. The molecule has 3 aromatic rings. The summed E-state index contributed by atoms with van der Waals surface area (Å²) in [4.78, 5) is 28.8. The van der Waals surface area contributed by atoms with E-state index in [-0.39, 0.29) is 28.0 Å². The van der Waals surface area contributed by atoms with E-state index in [1.165, 1.54) is 18.0 Å². The minimum atomic E-state index is -1.15. The molecule has 0 bridgehead atoms. The Kier molecular flexibility index (Phi) is 8.14. The first-order valence-corrected chi connectivity index (χ1v) is 11.8. The molecule has 8 nitrogen and oxygen atoms in total. The van der Waals surface area contributed by atoms with E-state index in [1.807, 2.05) is 19.9 Å². The van der Waals surface area contributed by atoms with Crippen LogP contribution in [0.4, 0.5) is 0 Å². The summed E-state index contributed by atoms with van der Waals surface area (Å²) in [6, 6.07) is 6.91. The molecule has 0 aliphatic carbocycles. The third-order valence-corrected chi connectivity index (χ3v) is 6.85. The molecule has 3 rings (SSSR count). The maximum Gasteiger partial charge on any atom is 0.341 e. The fourth-order valence-corrected chi connectivity index (χ4v) is 4.03. The zero-order chi connectivity index (χ0) is 24.3. The first kappa shape index (κ1) is 25.2. The Labute approximate surface area is 211 Å². The van der Waals surface area contributed by atoms with Crippen LogP contribution < -0.4 is 15.0 Å². The van der Waals surface area contributed by atoms with Crippen LogP contribution in [-0.2, 0) is 4.79 Å². The fourth-order valence-electron chi connectivity index (χ4n) is 3.02. The summed E-state index contributed by atoms with van der Waals surface area (Å²) in [5.74, 6) is -0.330. The second-order valence-corrected chi connectivity index (χ2v) is 9.20. The summed E-state index contributed by atoms with van der Waals surface area (Å²) in [5, 5.41) is 13.9. The van der Waals surface area contributed by atoms with Gasteiger partial charge >= 0.3 is 5.97 Å². The first-order valence-electron chi connectivity index (χ1n) is 9.85. The molecule has 174 valence electrons. The molecule has 11 heteroatoms. The van der Waals surface area contributed by atoms with Crippen molar-refractivity contribution in [1.82, 2.24) is 9.66 Å². The van der Waals surface area contributed by atoms with Crippen LogP contribution >= 0.6 is 43.5 Å². The zero-order valence-corrected chi connectivity index (χ0v) is 21.9. The van der Waals surface area contributed by atoms with Crippen LogP contribution in [-0.4, -0.2) is 40.7 Å². The molecule has 33 heavy (non-hydrogen) atoms. The molecular weight excluding hydrogens is 582 g/mol. The molecule has 1 N–H and O–H groups in total. The van der Waals surface area contributed by atoms with Gasteiger partial charge in [0.1, 0.15) is 10.8 Å². The number of aliphatic carboxylic acids is 1. The highest BCUT2D eigenvalue weighted by atomic mass is 79.9. The number of benzene rings is 2. The molecule has 0 spiro atoms. The lowest BCUT2D eigenvalue weighted by Gasteiger charge is -2.15. The molecule has 1 heterocycles. The van der Waals surface area contributed by atoms with E-state index in [9.17, 15) is 9.59 Å². The van der Waals surface area contributed by atoms with Crippen LogP contribution in [0.3, 0.4) is 0 Å². The Hall–Kier alpha value is -2.43. The standard InChI is InChI=1S/C22H20Br2ClN3O5/c1-4-11(2)21-27-15-6-5-13(23)8-14(15)22(31)28(21)26-9-12-7-16(32-3)20(19(25)18(12)24)33-10-17(29)30/h5-9,11H,4,10H2,1-3H3,(H,29,30)/t11-/m1/s1. The van der Waals surface area contributed by atoms with Crippen LogP contribution in [0.2, 0.25) is 5.02 Å². The van der Waals surface area contributed by atoms with Gasteiger partial charge in [-0.2, -0.15) is 9.78 Å². The Bertz CT molecular complexity index is 1310. The van der Waals surface area contributed by atoms with Gasteiger partial charge in [-0.05, 0) is 46.6 Å². The van der Waals surface area contributed by atoms with Gasteiger partial charge in [0.05, 0.1) is 24.2 Å². The zero-order valence-electron chi connectivity index (χ0n) is 17.9. The third kappa shape index (κ3) is 5.39. The predicted molar refractivity (Wildman–Crippen MR) is 134 cm³/mol. The lowest BCUT2D eigenvalue weighted by Crippen LogP contribution is -2.23. The van der Waals surface area contributed by atoms with Crippen molar-refractivity contribution in [2.75, 3.05) is 13.7 Å². The summed E-state index contributed by atoms with van der Waals surface area (Å²) in [5.41, 5.74) is 0.787. The molecule has 1 atom stereocenters. The number of hydrogen-bond donors (Lipinski definition) is 1. The number of hydrogen-bond acceptors (Lipinski definition) is 6. The third-order valence-electron chi connectivity index (χ3n) is 4.91. The number of carboxylic acids is 1. The molecule has 1 aromatic heterocycles. The van der Waals surface area contributed by atoms with Crippen molar-refractivity contribution in [2.45, 2.75) is 26.2 Å². The second kappa shape index (κ2) is 10.7. The van der Waals surface area contributed by atoms with Gasteiger partial charge in [-0.15, -0.1) is 0 Å². The highest BCUT2D eigenvalue weighted by Gasteiger charge is 2.19. The summed E-state index contributed by atoms with van der Waals surface area (Å²) in [6.45, 7) is 3.40. The highest BCUT2D eigenvalue weighted by molar-refractivity contribution is 9.10. The van der Waals surface area contributed by atoms with Crippen molar-refractivity contribution in [3.63, 3.8) is 0 Å². The topological polar surface area (TPSA) is 103 Å². The second-order valence-electron chi connectivity index (χ2n) is 7.11. The van der Waals surface area contributed by atoms with Gasteiger partial charge in [-0.25, -0.2) is 9.78 Å². The Balaban J connectivity index is 2.15. The number of carbonyl (C=O) groups is 1. The highest BCUT2D eigenvalue weighted by Crippen LogP contribution is 2.42. The van der Waals surface area contributed by atoms with E-state index in [0.29, 0.717) is 26.8 Å². The molecule has 0 aliphatic rings. The molecule has 0 radical (unpaired) electrons. The molecule has 0 saturated carbocycles. The maximum atomic E-state index is 13.3. The predicted octanol–water partition coefficient (Wildman–Crippen LogP) is 5.44. The van der Waals surface area contributed by atoms with Gasteiger partial charge in [0.2, 0.25) is 0 Å². The minimum Gasteiger partial charge on any atom is -0.493 e. The van der Waals surface area contributed by atoms with Gasteiger partial charge in [0.25, 0.3) is 5.56 Å². The molecule has 0 unspecified atom stereocenters. The first-order chi connectivity index (χ1) is 15.7. The van der Waals surface area contributed by atoms with Gasteiger partial charge in [-0.3, -0.25) is 4.79 Å². The van der Waals surface area contributed by atoms with E-state index >= 15 is 0 Å². The van der Waals surface area contributed by atoms with Crippen LogP contribution in [0.1, 0.15) is 37.6 Å². The van der Waals surface area contributed by atoms with Crippen molar-refractivity contribution in [1.29, 1.82) is 0 Å². The molecule has 0 amide bonds. The number of fused-ring (bicyclic) bond motifs is 1. The Morgan fingerprint density at radius 3 is 2.73 bits per heavy atom. The SMILES string of the molecule is CC[C@@H](C)c1nc2ccc(Br)cc2c(=O)n1N=Cc1cc(OC)c(OCC(=O)O)c(Cl)c1Br. The van der Waals surface area contributed by atoms with Crippen LogP contribution in [0, 0.1) is 0 Å². The molecule has 0 aliphatic heterocycles. The van der Waals surface area contributed by atoms with E-state index in [4.69, 9.17) is 26.2 Å². The average Bonchev–Trinajstić information content (AvgIpc) is 2.79. The van der Waals surface area contributed by atoms with Gasteiger partial charge < -0.3 is 14.6 Å². The van der Waals surface area contributed by atoms with Crippen molar-refractivity contribution >= 4 is 66.5 Å². The summed E-state index contributed by atoms with van der Waals surface area (Å²) in [7, 11) is 1.41. The quantitative estimate of drug-likeness (QED) is 0.345. The summed E-state index contributed by atoms with van der Waals surface area (Å²) < 4.78 is 13.0. The Morgan fingerprint density at radius 2 is 2.09 bits per heavy atom. The number of methoxy groups -OCH3 is 1. The van der Waals surface area contributed by atoms with Crippen molar-refractivity contribution in [3.05, 3.63) is 60.0 Å². The monoisotopic (exact) mass is 599 g/mol. The number of aromatic nitrogens is 2. The normalized spacial score (nSPS) is 12.3. The fraction of sp³-hybridized carbons (Fsp3) is 0.273. The lowest BCUT2D eigenvalue weighted by molar-refractivity contribution is -0.139. The van der Waals surface area contributed by atoms with Gasteiger partial charge in [0, 0.05) is 20.4 Å². The molecule has 2 aromatic carbocycles. The van der Waals surface area contributed by atoms with Crippen LogP contribution in [0.5, 0.6) is 11.5 Å². The van der Waals surface area contributed by atoms with Crippen molar-refractivity contribution in [2.24, 2.45) is 5.10 Å². The minimum absolute atomic E-state index is 0.0174. The van der Waals surface area contributed by atoms with E-state index in [1.54, 1.807) is 18.2 Å². The number of halogens is 3. The summed E-state index contributed by atoms with van der Waals surface area (Å²) in [6.07, 6.45) is 2.22. The smallest absolute Gasteiger partial charge is 0.341 e. The summed E-state index contributed by atoms with van der Waals surface area (Å²) >= 11 is 13.2. The number of ether oxygens (including phenoxy) is 2. The van der Waals surface area contributed by atoms with E-state index < -0.39 is 12.6 Å². The maximum absolute atomic E-state index is 13.3. The van der Waals surface area contributed by atoms with Crippen molar-refractivity contribution in [3.8, 4) is 11.5 Å². The Morgan fingerprint density at radius 1 is 1.36 bits per heavy atom. The van der Waals surface area contributed by atoms with Gasteiger partial charge in [-0.1, -0.05) is 41.4 Å². The van der Waals surface area contributed by atoms with E-state index in [2.05, 4.69) is 41.9 Å². The van der Waals surface area contributed by atoms with Crippen molar-refractivity contribution < 1.29 is 19.4 Å².